The summed E-state index contributed by atoms with van der Waals surface area (Å²) in [4.78, 5) is 0.661. The second-order valence-electron chi connectivity index (χ2n) is 3.69. The van der Waals surface area contributed by atoms with Gasteiger partial charge in [0.15, 0.2) is 18.4 Å². The molecule has 70 valence electrons. The number of pyridine rings is 1. The maximum absolute atomic E-state index is 3.77. The Morgan fingerprint density at radius 3 is 2.38 bits per heavy atom. The Morgan fingerprint density at radius 1 is 1.00 bits per heavy atom. The molecule has 2 rings (SSSR count). The maximum atomic E-state index is 3.77. The molecule has 0 amide bonds. The highest BCUT2D eigenvalue weighted by Crippen LogP contribution is 2.29. The van der Waals surface area contributed by atoms with Gasteiger partial charge in [0.25, 0.3) is 0 Å². The lowest BCUT2D eigenvalue weighted by molar-refractivity contribution is -0.724. The number of hydrogen-bond donors (Lipinski definition) is 0. The molecule has 0 spiro atoms. The van der Waals surface area contributed by atoms with Crippen molar-refractivity contribution in [1.29, 1.82) is 0 Å². The normalized spacial score (nSPS) is 28.7. The van der Waals surface area contributed by atoms with Crippen molar-refractivity contribution in [2.45, 2.75) is 36.6 Å². The van der Waals surface area contributed by atoms with Gasteiger partial charge in [-0.05, 0) is 12.8 Å². The summed E-state index contributed by atoms with van der Waals surface area (Å²) in [6.07, 6.45) is 9.71. The lowest BCUT2D eigenvalue weighted by Crippen LogP contribution is -2.44. The molecule has 0 unspecified atom stereocenters. The van der Waals surface area contributed by atoms with Gasteiger partial charge in [-0.2, -0.15) is 0 Å². The third-order valence-electron chi connectivity index (χ3n) is 2.77. The third kappa shape index (κ3) is 2.11. The summed E-state index contributed by atoms with van der Waals surface area (Å²) in [5.41, 5.74) is 0. The quantitative estimate of drug-likeness (QED) is 0.525. The van der Waals surface area contributed by atoms with E-state index in [0.29, 0.717) is 10.9 Å². The first kappa shape index (κ1) is 9.20. The van der Waals surface area contributed by atoms with Crippen molar-refractivity contribution in [2.24, 2.45) is 0 Å². The van der Waals surface area contributed by atoms with Crippen LogP contribution >= 0.6 is 15.9 Å². The molecule has 1 aliphatic rings. The van der Waals surface area contributed by atoms with Gasteiger partial charge in [-0.25, -0.2) is 4.57 Å². The van der Waals surface area contributed by atoms with Crippen molar-refractivity contribution in [3.63, 3.8) is 0 Å². The van der Waals surface area contributed by atoms with Gasteiger partial charge in [0.2, 0.25) is 0 Å². The molecule has 0 bridgehead atoms. The maximum Gasteiger partial charge on any atom is 0.170 e. The van der Waals surface area contributed by atoms with Gasteiger partial charge in [-0.1, -0.05) is 28.4 Å². The second-order valence-corrected chi connectivity index (χ2v) is 4.87. The first-order valence-corrected chi connectivity index (χ1v) is 5.89. The molecule has 1 saturated carbocycles. The van der Waals surface area contributed by atoms with Gasteiger partial charge in [0.1, 0.15) is 0 Å². The van der Waals surface area contributed by atoms with Gasteiger partial charge in [0.05, 0.1) is 4.83 Å². The smallest absolute Gasteiger partial charge is 0.170 e. The van der Waals surface area contributed by atoms with Crippen molar-refractivity contribution in [3.8, 4) is 0 Å². The molecule has 0 aromatic carbocycles. The van der Waals surface area contributed by atoms with Gasteiger partial charge in [0, 0.05) is 18.6 Å². The molecular weight excluding hydrogens is 226 g/mol. The Hall–Kier alpha value is -0.370. The lowest BCUT2D eigenvalue weighted by Gasteiger charge is -2.22. The second kappa shape index (κ2) is 4.23. The monoisotopic (exact) mass is 240 g/mol. The molecule has 1 aromatic rings. The Labute approximate surface area is 87.9 Å². The van der Waals surface area contributed by atoms with E-state index >= 15 is 0 Å². The zero-order valence-electron chi connectivity index (χ0n) is 7.70. The SMILES string of the molecule is Br[C@H]1CCCC[C@@H]1[n+]1ccccc1. The Morgan fingerprint density at radius 2 is 1.69 bits per heavy atom. The zero-order valence-corrected chi connectivity index (χ0v) is 9.28. The van der Waals surface area contributed by atoms with E-state index in [0.717, 1.165) is 0 Å². The number of alkyl halides is 1. The zero-order chi connectivity index (χ0) is 9.10. The van der Waals surface area contributed by atoms with E-state index in [2.05, 4.69) is 51.1 Å². The largest absolute Gasteiger partial charge is 0.201 e. The van der Waals surface area contributed by atoms with Crippen LogP contribution in [0.25, 0.3) is 0 Å². The molecule has 13 heavy (non-hydrogen) atoms. The van der Waals surface area contributed by atoms with Crippen LogP contribution < -0.4 is 4.57 Å². The molecular formula is C11H15BrN+. The first-order chi connectivity index (χ1) is 6.38. The van der Waals surface area contributed by atoms with Crippen LogP contribution in [0.3, 0.4) is 0 Å². The molecule has 0 N–H and O–H groups in total. The summed E-state index contributed by atoms with van der Waals surface area (Å²) in [7, 11) is 0. The average molecular weight is 241 g/mol. The van der Waals surface area contributed by atoms with Crippen LogP contribution in [0.1, 0.15) is 31.7 Å². The molecule has 1 aliphatic carbocycles. The van der Waals surface area contributed by atoms with E-state index in [1.807, 2.05) is 0 Å². The summed E-state index contributed by atoms with van der Waals surface area (Å²) in [5.74, 6) is 0. The summed E-state index contributed by atoms with van der Waals surface area (Å²) in [6, 6.07) is 6.94. The summed E-state index contributed by atoms with van der Waals surface area (Å²) in [5, 5.41) is 0. The van der Waals surface area contributed by atoms with Crippen molar-refractivity contribution < 1.29 is 4.57 Å². The van der Waals surface area contributed by atoms with Crippen LogP contribution in [-0.4, -0.2) is 4.83 Å². The molecule has 1 fully saturated rings. The van der Waals surface area contributed by atoms with Crippen LogP contribution in [0.5, 0.6) is 0 Å². The summed E-state index contributed by atoms with van der Waals surface area (Å²) >= 11 is 3.77. The third-order valence-corrected chi connectivity index (χ3v) is 3.84. The minimum absolute atomic E-state index is 0.661. The predicted octanol–water partition coefficient (Wildman–Crippen LogP) is 2.85. The van der Waals surface area contributed by atoms with Crippen molar-refractivity contribution in [1.82, 2.24) is 0 Å². The van der Waals surface area contributed by atoms with Crippen LogP contribution in [0.4, 0.5) is 0 Å². The summed E-state index contributed by atoms with van der Waals surface area (Å²) in [6.45, 7) is 0. The highest BCUT2D eigenvalue weighted by molar-refractivity contribution is 9.09. The topological polar surface area (TPSA) is 3.88 Å². The average Bonchev–Trinajstić information content (AvgIpc) is 2.20. The van der Waals surface area contributed by atoms with E-state index in [4.69, 9.17) is 0 Å². The predicted molar refractivity (Wildman–Crippen MR) is 56.9 cm³/mol. The highest BCUT2D eigenvalue weighted by Gasteiger charge is 2.29. The highest BCUT2D eigenvalue weighted by atomic mass is 79.9. The number of nitrogens with zero attached hydrogens (tertiary/aromatic N) is 1. The van der Waals surface area contributed by atoms with E-state index in [1.54, 1.807) is 0 Å². The standard InChI is InChI=1S/C11H15BrN/c12-10-6-2-3-7-11(10)13-8-4-1-5-9-13/h1,4-5,8-11H,2-3,6-7H2/q+1/t10-,11-/m0/s1. The molecule has 0 radical (unpaired) electrons. The van der Waals surface area contributed by atoms with Crippen LogP contribution in [0.15, 0.2) is 30.6 Å². The summed E-state index contributed by atoms with van der Waals surface area (Å²) < 4.78 is 2.33. The minimum Gasteiger partial charge on any atom is -0.201 e. The Bertz CT molecular complexity index is 260. The van der Waals surface area contributed by atoms with Crippen LogP contribution in [0.2, 0.25) is 0 Å². The Balaban J connectivity index is 2.15. The van der Waals surface area contributed by atoms with Crippen molar-refractivity contribution >= 4 is 15.9 Å². The van der Waals surface area contributed by atoms with E-state index in [9.17, 15) is 0 Å². The van der Waals surface area contributed by atoms with E-state index < -0.39 is 0 Å². The van der Waals surface area contributed by atoms with E-state index in [1.165, 1.54) is 25.7 Å². The Kier molecular flexibility index (Phi) is 2.99. The fourth-order valence-electron chi connectivity index (χ4n) is 2.03. The number of halogens is 1. The minimum atomic E-state index is 0.661. The molecule has 2 heteroatoms. The molecule has 0 aliphatic heterocycles. The van der Waals surface area contributed by atoms with Gasteiger partial charge in [-0.3, -0.25) is 0 Å². The molecule has 1 heterocycles. The number of aromatic nitrogens is 1. The molecule has 1 nitrogen and oxygen atoms in total. The number of rotatable bonds is 1. The lowest BCUT2D eigenvalue weighted by atomic mass is 9.95. The fraction of sp³-hybridized carbons (Fsp3) is 0.545. The number of hydrogen-bond acceptors (Lipinski definition) is 0. The van der Waals surface area contributed by atoms with Crippen LogP contribution in [-0.2, 0) is 0 Å². The van der Waals surface area contributed by atoms with Crippen LogP contribution in [0, 0.1) is 0 Å². The van der Waals surface area contributed by atoms with Crippen molar-refractivity contribution in [2.75, 3.05) is 0 Å². The fourth-order valence-corrected chi connectivity index (χ4v) is 2.90. The van der Waals surface area contributed by atoms with Gasteiger partial charge >= 0.3 is 0 Å². The molecule has 0 saturated heterocycles. The van der Waals surface area contributed by atoms with E-state index in [-0.39, 0.29) is 0 Å². The van der Waals surface area contributed by atoms with Gasteiger partial charge < -0.3 is 0 Å². The molecule has 1 aromatic heterocycles. The van der Waals surface area contributed by atoms with Gasteiger partial charge in [-0.15, -0.1) is 0 Å². The van der Waals surface area contributed by atoms with Crippen molar-refractivity contribution in [3.05, 3.63) is 30.6 Å². The molecule has 2 atom stereocenters. The first-order valence-electron chi connectivity index (χ1n) is 4.98.